The lowest BCUT2D eigenvalue weighted by Crippen LogP contribution is -2.32. The first-order chi connectivity index (χ1) is 9.29. The summed E-state index contributed by atoms with van der Waals surface area (Å²) in [6, 6.07) is 2.27. The van der Waals surface area contributed by atoms with Gasteiger partial charge in [0.2, 0.25) is 10.0 Å². The van der Waals surface area contributed by atoms with Crippen LogP contribution in [0.25, 0.3) is 0 Å². The first-order valence-electron chi connectivity index (χ1n) is 6.09. The molecule has 8 heteroatoms. The van der Waals surface area contributed by atoms with Crippen LogP contribution in [0, 0.1) is 5.92 Å². The van der Waals surface area contributed by atoms with Gasteiger partial charge >= 0.3 is 0 Å². The Morgan fingerprint density at radius 2 is 2.00 bits per heavy atom. The van der Waals surface area contributed by atoms with E-state index in [9.17, 15) is 13.2 Å². The van der Waals surface area contributed by atoms with E-state index in [1.54, 1.807) is 0 Å². The third kappa shape index (κ3) is 3.44. The van der Waals surface area contributed by atoms with Crippen molar-refractivity contribution in [2.24, 2.45) is 11.1 Å². The molecule has 1 fully saturated rings. The van der Waals surface area contributed by atoms with E-state index in [2.05, 4.69) is 5.32 Å². The average molecular weight is 337 g/mol. The quantitative estimate of drug-likeness (QED) is 0.882. The van der Waals surface area contributed by atoms with Gasteiger partial charge in [0.05, 0.1) is 20.5 Å². The molecule has 2 rings (SSSR count). The van der Waals surface area contributed by atoms with Crippen LogP contribution in [0.3, 0.4) is 0 Å². The molecule has 0 atom stereocenters. The molecule has 5 nitrogen and oxygen atoms in total. The lowest BCUT2D eigenvalue weighted by molar-refractivity contribution is 0.0939. The zero-order valence-corrected chi connectivity index (χ0v) is 12.9. The molecule has 0 unspecified atom stereocenters. The zero-order chi connectivity index (χ0) is 14.9. The van der Waals surface area contributed by atoms with Gasteiger partial charge in [-0.25, -0.2) is 13.6 Å². The van der Waals surface area contributed by atoms with Gasteiger partial charge in [-0.15, -0.1) is 0 Å². The number of sulfonamides is 1. The molecule has 1 aromatic rings. The minimum Gasteiger partial charge on any atom is -0.352 e. The van der Waals surface area contributed by atoms with E-state index < -0.39 is 15.9 Å². The van der Waals surface area contributed by atoms with Crippen LogP contribution in [-0.2, 0) is 10.0 Å². The van der Waals surface area contributed by atoms with Gasteiger partial charge in [-0.05, 0) is 30.9 Å². The lowest BCUT2D eigenvalue weighted by atomic mass is 9.85. The molecule has 1 aliphatic rings. The highest BCUT2D eigenvalue weighted by Crippen LogP contribution is 2.30. The second kappa shape index (κ2) is 5.89. The maximum absolute atomic E-state index is 12.1. The van der Waals surface area contributed by atoms with Crippen molar-refractivity contribution in [1.29, 1.82) is 0 Å². The van der Waals surface area contributed by atoms with Gasteiger partial charge in [-0.1, -0.05) is 29.6 Å². The molecule has 1 saturated carbocycles. The van der Waals surface area contributed by atoms with Crippen molar-refractivity contribution in [1.82, 2.24) is 5.32 Å². The maximum Gasteiger partial charge on any atom is 0.252 e. The van der Waals surface area contributed by atoms with Gasteiger partial charge < -0.3 is 5.32 Å². The number of benzene rings is 1. The monoisotopic (exact) mass is 336 g/mol. The molecule has 0 saturated heterocycles. The molecule has 0 radical (unpaired) electrons. The van der Waals surface area contributed by atoms with Gasteiger partial charge in [0.25, 0.3) is 5.91 Å². The van der Waals surface area contributed by atoms with Crippen LogP contribution >= 0.6 is 23.2 Å². The number of rotatable bonds is 4. The molecule has 0 heterocycles. The Bertz CT molecular complexity index is 642. The molecule has 0 aromatic heterocycles. The third-order valence-corrected chi connectivity index (χ3v) is 5.05. The van der Waals surface area contributed by atoms with Gasteiger partial charge in [0.15, 0.2) is 0 Å². The van der Waals surface area contributed by atoms with Crippen LogP contribution < -0.4 is 10.5 Å². The Morgan fingerprint density at radius 1 is 1.35 bits per heavy atom. The standard InChI is InChI=1S/C12H14Cl2N2O3S/c13-10-5-8(20(15,18)19)4-9(11(10)14)12(17)16-6-7-2-1-3-7/h4-5,7H,1-3,6H2,(H,16,17)(H2,15,18,19). The van der Waals surface area contributed by atoms with E-state index in [0.717, 1.165) is 25.0 Å². The topological polar surface area (TPSA) is 89.3 Å². The number of amides is 1. The fourth-order valence-electron chi connectivity index (χ4n) is 1.92. The number of halogens is 2. The summed E-state index contributed by atoms with van der Waals surface area (Å²) < 4.78 is 22.7. The van der Waals surface area contributed by atoms with E-state index in [0.29, 0.717) is 12.5 Å². The smallest absolute Gasteiger partial charge is 0.252 e. The predicted molar refractivity (Wildman–Crippen MR) is 77.5 cm³/mol. The van der Waals surface area contributed by atoms with Crippen LogP contribution in [0.15, 0.2) is 17.0 Å². The first-order valence-corrected chi connectivity index (χ1v) is 8.39. The van der Waals surface area contributed by atoms with Gasteiger partial charge in [0.1, 0.15) is 0 Å². The summed E-state index contributed by atoms with van der Waals surface area (Å²) >= 11 is 11.8. The number of nitrogens with two attached hydrogens (primary N) is 1. The van der Waals surface area contributed by atoms with Crippen LogP contribution in [-0.4, -0.2) is 20.9 Å². The summed E-state index contributed by atoms with van der Waals surface area (Å²) in [6.45, 7) is 0.548. The first kappa shape index (κ1) is 15.6. The Morgan fingerprint density at radius 3 is 2.50 bits per heavy atom. The minimum atomic E-state index is -3.95. The van der Waals surface area contributed by atoms with Gasteiger partial charge in [-0.2, -0.15) is 0 Å². The van der Waals surface area contributed by atoms with Crippen molar-refractivity contribution in [3.63, 3.8) is 0 Å². The number of primary sulfonamides is 1. The van der Waals surface area contributed by atoms with E-state index in [1.165, 1.54) is 6.42 Å². The van der Waals surface area contributed by atoms with Crippen molar-refractivity contribution in [2.75, 3.05) is 6.54 Å². The largest absolute Gasteiger partial charge is 0.352 e. The van der Waals surface area contributed by atoms with E-state index in [4.69, 9.17) is 28.3 Å². The maximum atomic E-state index is 12.1. The molecule has 20 heavy (non-hydrogen) atoms. The molecule has 3 N–H and O–H groups in total. The van der Waals surface area contributed by atoms with E-state index in [1.807, 2.05) is 0 Å². The molecular weight excluding hydrogens is 323 g/mol. The highest BCUT2D eigenvalue weighted by atomic mass is 35.5. The van der Waals surface area contributed by atoms with Crippen LogP contribution in [0.5, 0.6) is 0 Å². The summed E-state index contributed by atoms with van der Waals surface area (Å²) in [6.07, 6.45) is 3.35. The predicted octanol–water partition coefficient (Wildman–Crippen LogP) is 2.17. The van der Waals surface area contributed by atoms with Crippen molar-refractivity contribution in [2.45, 2.75) is 24.2 Å². The molecule has 1 aromatic carbocycles. The average Bonchev–Trinajstić information content (AvgIpc) is 2.28. The van der Waals surface area contributed by atoms with Crippen molar-refractivity contribution >= 4 is 39.1 Å². The highest BCUT2D eigenvalue weighted by Gasteiger charge is 2.21. The summed E-state index contributed by atoms with van der Waals surface area (Å²) in [5, 5.41) is 7.76. The molecule has 0 bridgehead atoms. The SMILES string of the molecule is NS(=O)(=O)c1cc(Cl)c(Cl)c(C(=O)NCC2CCC2)c1. The second-order valence-electron chi connectivity index (χ2n) is 4.82. The van der Waals surface area contributed by atoms with Crippen LogP contribution in [0.2, 0.25) is 10.0 Å². The number of hydrogen-bond acceptors (Lipinski definition) is 3. The molecule has 0 aliphatic heterocycles. The highest BCUT2D eigenvalue weighted by molar-refractivity contribution is 7.89. The molecule has 110 valence electrons. The summed E-state index contributed by atoms with van der Waals surface area (Å²) in [7, 11) is -3.95. The van der Waals surface area contributed by atoms with Crippen molar-refractivity contribution in [3.8, 4) is 0 Å². The van der Waals surface area contributed by atoms with Gasteiger partial charge in [-0.3, -0.25) is 4.79 Å². The Labute approximate surface area is 127 Å². The number of carbonyl (C=O) groups is 1. The third-order valence-electron chi connectivity index (χ3n) is 3.35. The van der Waals surface area contributed by atoms with E-state index in [-0.39, 0.29) is 20.5 Å². The molecule has 1 aliphatic carbocycles. The number of hydrogen-bond donors (Lipinski definition) is 2. The molecule has 1 amide bonds. The van der Waals surface area contributed by atoms with Gasteiger partial charge in [0, 0.05) is 6.54 Å². The van der Waals surface area contributed by atoms with Crippen molar-refractivity contribution < 1.29 is 13.2 Å². The molecular formula is C12H14Cl2N2O3S. The Hall–Kier alpha value is -0.820. The van der Waals surface area contributed by atoms with E-state index >= 15 is 0 Å². The fourth-order valence-corrected chi connectivity index (χ4v) is 2.97. The van der Waals surface area contributed by atoms with Crippen molar-refractivity contribution in [3.05, 3.63) is 27.7 Å². The number of carbonyl (C=O) groups excluding carboxylic acids is 1. The Kier molecular flexibility index (Phi) is 4.59. The zero-order valence-electron chi connectivity index (χ0n) is 10.5. The normalized spacial score (nSPS) is 15.8. The fraction of sp³-hybridized carbons (Fsp3) is 0.417. The summed E-state index contributed by atoms with van der Waals surface area (Å²) in [4.78, 5) is 11.8. The van der Waals surface area contributed by atoms with Crippen LogP contribution in [0.4, 0.5) is 0 Å². The summed E-state index contributed by atoms with van der Waals surface area (Å²) in [5.74, 6) is 0.0314. The number of nitrogens with one attached hydrogen (secondary N) is 1. The lowest BCUT2D eigenvalue weighted by Gasteiger charge is -2.25. The Balaban J connectivity index is 2.24. The minimum absolute atomic E-state index is 0.0162. The second-order valence-corrected chi connectivity index (χ2v) is 7.17. The van der Waals surface area contributed by atoms with Crippen LogP contribution in [0.1, 0.15) is 29.6 Å². The molecule has 0 spiro atoms. The summed E-state index contributed by atoms with van der Waals surface area (Å²) in [5.41, 5.74) is 0.0162.